The van der Waals surface area contributed by atoms with Gasteiger partial charge >= 0.3 is 0 Å². The first-order valence-electron chi connectivity index (χ1n) is 7.72. The molecule has 120 valence electrons. The van der Waals surface area contributed by atoms with E-state index in [1.807, 2.05) is 54.6 Å². The van der Waals surface area contributed by atoms with Gasteiger partial charge in [0.2, 0.25) is 5.91 Å². The van der Waals surface area contributed by atoms with Gasteiger partial charge < -0.3 is 20.1 Å². The van der Waals surface area contributed by atoms with E-state index in [0.29, 0.717) is 26.3 Å². The van der Waals surface area contributed by atoms with Crippen LogP contribution in [-0.4, -0.2) is 31.7 Å². The minimum absolute atomic E-state index is 0.0425. The Bertz CT molecular complexity index is 640. The van der Waals surface area contributed by atoms with E-state index in [-0.39, 0.29) is 11.9 Å². The third kappa shape index (κ3) is 4.55. The number of para-hydroxylation sites is 1. The molecule has 1 fully saturated rings. The number of nitrogens with one attached hydrogen (secondary N) is 2. The van der Waals surface area contributed by atoms with Crippen LogP contribution in [0.2, 0.25) is 0 Å². The van der Waals surface area contributed by atoms with E-state index < -0.39 is 0 Å². The summed E-state index contributed by atoms with van der Waals surface area (Å²) in [4.78, 5) is 12.1. The molecule has 2 aromatic carbocycles. The minimum Gasteiger partial charge on any atom is -0.457 e. The van der Waals surface area contributed by atoms with Crippen molar-refractivity contribution in [2.24, 2.45) is 0 Å². The predicted octanol–water partition coefficient (Wildman–Crippen LogP) is 2.08. The summed E-state index contributed by atoms with van der Waals surface area (Å²) < 4.78 is 11.1. The van der Waals surface area contributed by atoms with E-state index in [4.69, 9.17) is 9.47 Å². The molecule has 3 rings (SSSR count). The summed E-state index contributed by atoms with van der Waals surface area (Å²) in [5.74, 6) is 1.50. The number of hydrogen-bond donors (Lipinski definition) is 2. The molecule has 5 nitrogen and oxygen atoms in total. The highest BCUT2D eigenvalue weighted by Gasteiger charge is 2.20. The smallest absolute Gasteiger partial charge is 0.239 e. The number of amides is 1. The van der Waals surface area contributed by atoms with Crippen molar-refractivity contribution in [3.8, 4) is 11.5 Å². The fourth-order valence-corrected chi connectivity index (χ4v) is 2.39. The van der Waals surface area contributed by atoms with Crippen LogP contribution in [0.25, 0.3) is 0 Å². The lowest BCUT2D eigenvalue weighted by Crippen LogP contribution is -2.51. The topological polar surface area (TPSA) is 59.6 Å². The van der Waals surface area contributed by atoms with Crippen LogP contribution >= 0.6 is 0 Å². The van der Waals surface area contributed by atoms with Crippen LogP contribution in [0.4, 0.5) is 0 Å². The number of rotatable bonds is 5. The SMILES string of the molecule is O=C(NCc1cccc(Oc2ccccc2)c1)[C@@H]1COCCN1. The highest BCUT2D eigenvalue weighted by Crippen LogP contribution is 2.21. The number of hydrogen-bond acceptors (Lipinski definition) is 4. The van der Waals surface area contributed by atoms with E-state index in [9.17, 15) is 4.79 Å². The van der Waals surface area contributed by atoms with E-state index in [1.165, 1.54) is 0 Å². The van der Waals surface area contributed by atoms with Crippen LogP contribution in [0.3, 0.4) is 0 Å². The zero-order valence-electron chi connectivity index (χ0n) is 12.8. The van der Waals surface area contributed by atoms with Crippen molar-refractivity contribution >= 4 is 5.91 Å². The second kappa shape index (κ2) is 7.76. The Morgan fingerprint density at radius 3 is 2.78 bits per heavy atom. The van der Waals surface area contributed by atoms with Gasteiger partial charge in [0.15, 0.2) is 0 Å². The summed E-state index contributed by atoms with van der Waals surface area (Å²) in [6.45, 7) is 2.24. The number of carbonyl (C=O) groups excluding carboxylic acids is 1. The monoisotopic (exact) mass is 312 g/mol. The molecule has 1 heterocycles. The number of ether oxygens (including phenoxy) is 2. The maximum atomic E-state index is 12.1. The normalized spacial score (nSPS) is 17.5. The van der Waals surface area contributed by atoms with Gasteiger partial charge in [0.25, 0.3) is 0 Å². The van der Waals surface area contributed by atoms with Gasteiger partial charge in [-0.3, -0.25) is 4.79 Å². The van der Waals surface area contributed by atoms with Gasteiger partial charge in [0.1, 0.15) is 17.5 Å². The van der Waals surface area contributed by atoms with Gasteiger partial charge in [-0.1, -0.05) is 30.3 Å². The van der Waals surface area contributed by atoms with Gasteiger partial charge in [0, 0.05) is 13.1 Å². The quantitative estimate of drug-likeness (QED) is 0.887. The average molecular weight is 312 g/mol. The molecule has 1 amide bonds. The predicted molar refractivity (Wildman–Crippen MR) is 87.4 cm³/mol. The molecule has 1 aliphatic rings. The van der Waals surface area contributed by atoms with Crippen LogP contribution in [0, 0.1) is 0 Å². The average Bonchev–Trinajstić information content (AvgIpc) is 2.62. The lowest BCUT2D eigenvalue weighted by Gasteiger charge is -2.22. The molecular weight excluding hydrogens is 292 g/mol. The Balaban J connectivity index is 1.56. The maximum Gasteiger partial charge on any atom is 0.239 e. The van der Waals surface area contributed by atoms with Crippen LogP contribution in [0.1, 0.15) is 5.56 Å². The standard InChI is InChI=1S/C18H20N2O3/c21-18(17-13-22-10-9-19-17)20-12-14-5-4-8-16(11-14)23-15-6-2-1-3-7-15/h1-8,11,17,19H,9-10,12-13H2,(H,20,21)/t17-/m0/s1. The van der Waals surface area contributed by atoms with Crippen molar-refractivity contribution in [3.63, 3.8) is 0 Å². The van der Waals surface area contributed by atoms with Crippen molar-refractivity contribution < 1.29 is 14.3 Å². The van der Waals surface area contributed by atoms with Crippen molar-refractivity contribution in [1.82, 2.24) is 10.6 Å². The van der Waals surface area contributed by atoms with E-state index >= 15 is 0 Å². The van der Waals surface area contributed by atoms with E-state index in [2.05, 4.69) is 10.6 Å². The van der Waals surface area contributed by atoms with Crippen LogP contribution in [0.5, 0.6) is 11.5 Å². The third-order valence-electron chi connectivity index (χ3n) is 3.58. The highest BCUT2D eigenvalue weighted by atomic mass is 16.5. The Labute approximate surface area is 135 Å². The van der Waals surface area contributed by atoms with Gasteiger partial charge in [-0.25, -0.2) is 0 Å². The Hall–Kier alpha value is -2.37. The lowest BCUT2D eigenvalue weighted by atomic mass is 10.2. The Morgan fingerprint density at radius 2 is 2.00 bits per heavy atom. The van der Waals surface area contributed by atoms with Crippen LogP contribution in [-0.2, 0) is 16.1 Å². The largest absolute Gasteiger partial charge is 0.457 e. The molecule has 23 heavy (non-hydrogen) atoms. The molecule has 0 bridgehead atoms. The van der Waals surface area contributed by atoms with Gasteiger partial charge in [-0.05, 0) is 29.8 Å². The summed E-state index contributed by atoms with van der Waals surface area (Å²) in [6, 6.07) is 17.1. The van der Waals surface area contributed by atoms with Crippen molar-refractivity contribution in [2.45, 2.75) is 12.6 Å². The van der Waals surface area contributed by atoms with Gasteiger partial charge in [-0.15, -0.1) is 0 Å². The summed E-state index contributed by atoms with van der Waals surface area (Å²) in [5, 5.41) is 6.06. The van der Waals surface area contributed by atoms with Crippen LogP contribution < -0.4 is 15.4 Å². The molecule has 0 saturated carbocycles. The fourth-order valence-electron chi connectivity index (χ4n) is 2.39. The first kappa shape index (κ1) is 15.5. The second-order valence-corrected chi connectivity index (χ2v) is 5.36. The Morgan fingerprint density at radius 1 is 1.17 bits per heavy atom. The molecule has 0 aromatic heterocycles. The van der Waals surface area contributed by atoms with Crippen LogP contribution in [0.15, 0.2) is 54.6 Å². The molecule has 0 aliphatic carbocycles. The minimum atomic E-state index is -0.271. The number of benzene rings is 2. The van der Waals surface area contributed by atoms with Crippen molar-refractivity contribution in [1.29, 1.82) is 0 Å². The number of carbonyl (C=O) groups is 1. The van der Waals surface area contributed by atoms with Crippen molar-refractivity contribution in [3.05, 3.63) is 60.2 Å². The fraction of sp³-hybridized carbons (Fsp3) is 0.278. The molecule has 1 saturated heterocycles. The van der Waals surface area contributed by atoms with Crippen molar-refractivity contribution in [2.75, 3.05) is 19.8 Å². The lowest BCUT2D eigenvalue weighted by molar-refractivity contribution is -0.126. The Kier molecular flexibility index (Phi) is 5.24. The maximum absolute atomic E-state index is 12.1. The van der Waals surface area contributed by atoms with Gasteiger partial charge in [-0.2, -0.15) is 0 Å². The summed E-state index contributed by atoms with van der Waals surface area (Å²) in [7, 11) is 0. The van der Waals surface area contributed by atoms with E-state index in [0.717, 1.165) is 17.1 Å². The van der Waals surface area contributed by atoms with Gasteiger partial charge in [0.05, 0.1) is 13.2 Å². The molecule has 0 radical (unpaired) electrons. The molecule has 0 spiro atoms. The molecule has 5 heteroatoms. The third-order valence-corrected chi connectivity index (χ3v) is 3.58. The first-order valence-corrected chi connectivity index (χ1v) is 7.72. The first-order chi connectivity index (χ1) is 11.3. The molecule has 0 unspecified atom stereocenters. The number of morpholine rings is 1. The molecule has 2 aromatic rings. The second-order valence-electron chi connectivity index (χ2n) is 5.36. The summed E-state index contributed by atoms with van der Waals surface area (Å²) in [6.07, 6.45) is 0. The zero-order valence-corrected chi connectivity index (χ0v) is 12.8. The molecule has 1 aliphatic heterocycles. The zero-order chi connectivity index (χ0) is 15.9. The summed E-state index contributed by atoms with van der Waals surface area (Å²) >= 11 is 0. The summed E-state index contributed by atoms with van der Waals surface area (Å²) in [5.41, 5.74) is 0.989. The highest BCUT2D eigenvalue weighted by molar-refractivity contribution is 5.81. The molecular formula is C18H20N2O3. The molecule has 1 atom stereocenters. The van der Waals surface area contributed by atoms with E-state index in [1.54, 1.807) is 0 Å². The molecule has 2 N–H and O–H groups in total.